The summed E-state index contributed by atoms with van der Waals surface area (Å²) in [5.74, 6) is 0.304. The monoisotopic (exact) mass is 453 g/mol. The lowest BCUT2D eigenvalue weighted by Gasteiger charge is -2.12. The number of benzene rings is 3. The second-order valence-electron chi connectivity index (χ2n) is 5.63. The topological polar surface area (TPSA) is 21.3 Å². The van der Waals surface area contributed by atoms with E-state index in [1.165, 1.54) is 6.07 Å². The van der Waals surface area contributed by atoms with Crippen LogP contribution in [0.25, 0.3) is 0 Å². The molecule has 0 unspecified atom stereocenters. The number of hydrogen-bond acceptors (Lipinski definition) is 2. The Labute approximate surface area is 170 Å². The Balaban J connectivity index is 1.61. The third-order valence-electron chi connectivity index (χ3n) is 3.75. The van der Waals surface area contributed by atoms with E-state index in [9.17, 15) is 4.39 Å². The van der Waals surface area contributed by atoms with Crippen LogP contribution in [0.3, 0.4) is 0 Å². The van der Waals surface area contributed by atoms with Crippen LogP contribution in [0.15, 0.2) is 65.1 Å². The zero-order valence-electron chi connectivity index (χ0n) is 13.6. The maximum atomic E-state index is 13.2. The summed E-state index contributed by atoms with van der Waals surface area (Å²) < 4.78 is 19.9. The van der Waals surface area contributed by atoms with Crippen molar-refractivity contribution in [3.8, 4) is 5.75 Å². The van der Waals surface area contributed by atoms with Gasteiger partial charge in [-0.05, 0) is 57.9 Å². The van der Waals surface area contributed by atoms with Crippen LogP contribution in [0, 0.1) is 5.82 Å². The summed E-state index contributed by atoms with van der Waals surface area (Å²) in [4.78, 5) is 0. The van der Waals surface area contributed by atoms with E-state index in [4.69, 9.17) is 27.9 Å². The minimum atomic E-state index is -0.431. The molecule has 0 aliphatic carbocycles. The molecule has 2 nitrogen and oxygen atoms in total. The number of ether oxygens (including phenoxy) is 1. The molecule has 0 aromatic heterocycles. The molecule has 0 atom stereocenters. The van der Waals surface area contributed by atoms with E-state index >= 15 is 0 Å². The molecule has 6 heteroatoms. The number of hydrogen-bond donors (Lipinski definition) is 1. The van der Waals surface area contributed by atoms with Crippen molar-refractivity contribution in [1.29, 1.82) is 0 Å². The van der Waals surface area contributed by atoms with Crippen LogP contribution in [0.4, 0.5) is 10.1 Å². The summed E-state index contributed by atoms with van der Waals surface area (Å²) in [6.07, 6.45) is 0. The van der Waals surface area contributed by atoms with Gasteiger partial charge in [-0.25, -0.2) is 4.39 Å². The lowest BCUT2D eigenvalue weighted by Crippen LogP contribution is -2.01. The highest BCUT2D eigenvalue weighted by molar-refractivity contribution is 9.10. The van der Waals surface area contributed by atoms with Crippen LogP contribution >= 0.6 is 39.1 Å². The van der Waals surface area contributed by atoms with Crippen LogP contribution in [-0.4, -0.2) is 0 Å². The van der Waals surface area contributed by atoms with Crippen molar-refractivity contribution < 1.29 is 9.13 Å². The zero-order valence-corrected chi connectivity index (χ0v) is 16.7. The first kappa shape index (κ1) is 19.0. The summed E-state index contributed by atoms with van der Waals surface area (Å²) in [7, 11) is 0. The Morgan fingerprint density at radius 3 is 2.50 bits per heavy atom. The molecule has 3 aromatic rings. The smallest absolute Gasteiger partial charge is 0.141 e. The van der Waals surface area contributed by atoms with Gasteiger partial charge in [0.2, 0.25) is 0 Å². The van der Waals surface area contributed by atoms with Gasteiger partial charge in [0.05, 0.1) is 9.50 Å². The molecule has 0 amide bonds. The highest BCUT2D eigenvalue weighted by atomic mass is 79.9. The molecule has 0 heterocycles. The molecule has 134 valence electrons. The third-order valence-corrected chi connectivity index (χ3v) is 5.03. The number of nitrogens with one attached hydrogen (secondary N) is 1. The Kier molecular flexibility index (Phi) is 6.41. The van der Waals surface area contributed by atoms with Gasteiger partial charge >= 0.3 is 0 Å². The Morgan fingerprint density at radius 2 is 1.77 bits per heavy atom. The van der Waals surface area contributed by atoms with E-state index in [0.717, 1.165) is 27.0 Å². The van der Waals surface area contributed by atoms with Crippen LogP contribution < -0.4 is 10.1 Å². The maximum Gasteiger partial charge on any atom is 0.141 e. The fourth-order valence-corrected chi connectivity index (χ4v) is 3.26. The number of rotatable bonds is 6. The molecular weight excluding hydrogens is 440 g/mol. The van der Waals surface area contributed by atoms with Crippen molar-refractivity contribution in [2.45, 2.75) is 13.2 Å². The summed E-state index contributed by atoms with van der Waals surface area (Å²) in [6, 6.07) is 18.0. The van der Waals surface area contributed by atoms with Crippen molar-refractivity contribution in [2.24, 2.45) is 0 Å². The van der Waals surface area contributed by atoms with E-state index in [2.05, 4.69) is 21.2 Å². The average Bonchev–Trinajstić information content (AvgIpc) is 2.63. The molecule has 0 saturated heterocycles. The molecule has 0 bridgehead atoms. The van der Waals surface area contributed by atoms with Gasteiger partial charge in [0.1, 0.15) is 18.2 Å². The first-order chi connectivity index (χ1) is 12.5. The van der Waals surface area contributed by atoms with Gasteiger partial charge in [-0.1, -0.05) is 47.5 Å². The van der Waals surface area contributed by atoms with Crippen LogP contribution in [0.5, 0.6) is 5.75 Å². The summed E-state index contributed by atoms with van der Waals surface area (Å²) in [5.41, 5.74) is 2.73. The van der Waals surface area contributed by atoms with Gasteiger partial charge in [0, 0.05) is 22.8 Å². The predicted molar refractivity (Wildman–Crippen MR) is 109 cm³/mol. The SMILES string of the molecule is Fc1ccc(NCc2ccc(OCc3ccccc3Cl)c(Br)c2)cc1Cl. The molecule has 1 N–H and O–H groups in total. The van der Waals surface area contributed by atoms with E-state index < -0.39 is 5.82 Å². The highest BCUT2D eigenvalue weighted by Crippen LogP contribution is 2.28. The lowest BCUT2D eigenvalue weighted by atomic mass is 10.2. The molecule has 3 rings (SSSR count). The van der Waals surface area contributed by atoms with Crippen LogP contribution in [0.2, 0.25) is 10.0 Å². The maximum absolute atomic E-state index is 13.2. The van der Waals surface area contributed by atoms with Gasteiger partial charge in [0.25, 0.3) is 0 Å². The lowest BCUT2D eigenvalue weighted by molar-refractivity contribution is 0.304. The Bertz CT molecular complexity index is 920. The first-order valence-electron chi connectivity index (χ1n) is 7.86. The fourth-order valence-electron chi connectivity index (χ4n) is 2.35. The molecular formula is C20H15BrCl2FNO. The molecule has 0 aliphatic rings. The standard InChI is InChI=1S/C20H15BrCl2FNO/c21-16-9-13(11-25-15-6-7-19(24)18(23)10-15)5-8-20(16)26-12-14-3-1-2-4-17(14)22/h1-10,25H,11-12H2. The second kappa shape index (κ2) is 8.76. The molecule has 0 saturated carbocycles. The average molecular weight is 455 g/mol. The first-order valence-corrected chi connectivity index (χ1v) is 9.41. The molecule has 3 aromatic carbocycles. The van der Waals surface area contributed by atoms with Crippen molar-refractivity contribution in [3.63, 3.8) is 0 Å². The molecule has 26 heavy (non-hydrogen) atoms. The van der Waals surface area contributed by atoms with Gasteiger partial charge in [-0.2, -0.15) is 0 Å². The van der Waals surface area contributed by atoms with Crippen molar-refractivity contribution >= 4 is 44.8 Å². The highest BCUT2D eigenvalue weighted by Gasteiger charge is 2.06. The number of anilines is 1. The van der Waals surface area contributed by atoms with Gasteiger partial charge in [-0.15, -0.1) is 0 Å². The minimum Gasteiger partial charge on any atom is -0.488 e. The number of halogens is 4. The second-order valence-corrected chi connectivity index (χ2v) is 7.30. The predicted octanol–water partition coefficient (Wildman–Crippen LogP) is 7.09. The van der Waals surface area contributed by atoms with E-state index in [0.29, 0.717) is 18.2 Å². The quantitative estimate of drug-likeness (QED) is 0.429. The molecule has 0 aliphatic heterocycles. The fraction of sp³-hybridized carbons (Fsp3) is 0.100. The van der Waals surface area contributed by atoms with Crippen molar-refractivity contribution in [1.82, 2.24) is 0 Å². The van der Waals surface area contributed by atoms with E-state index in [1.807, 2.05) is 42.5 Å². The summed E-state index contributed by atoms with van der Waals surface area (Å²) >= 11 is 15.5. The van der Waals surface area contributed by atoms with E-state index in [-0.39, 0.29) is 5.02 Å². The third kappa shape index (κ3) is 4.91. The summed E-state index contributed by atoms with van der Waals surface area (Å²) in [6.45, 7) is 0.968. The molecule has 0 spiro atoms. The largest absolute Gasteiger partial charge is 0.488 e. The van der Waals surface area contributed by atoms with Crippen LogP contribution in [-0.2, 0) is 13.2 Å². The van der Waals surface area contributed by atoms with Gasteiger partial charge in [-0.3, -0.25) is 0 Å². The van der Waals surface area contributed by atoms with Crippen molar-refractivity contribution in [3.05, 3.63) is 92.1 Å². The van der Waals surface area contributed by atoms with Gasteiger partial charge in [0.15, 0.2) is 0 Å². The van der Waals surface area contributed by atoms with Crippen molar-refractivity contribution in [2.75, 3.05) is 5.32 Å². The van der Waals surface area contributed by atoms with Gasteiger partial charge < -0.3 is 10.1 Å². The summed E-state index contributed by atoms with van der Waals surface area (Å²) in [5, 5.41) is 3.99. The Morgan fingerprint density at radius 1 is 0.962 bits per heavy atom. The Hall–Kier alpha value is -1.75. The molecule has 0 fully saturated rings. The minimum absolute atomic E-state index is 0.0968. The normalized spacial score (nSPS) is 10.6. The zero-order chi connectivity index (χ0) is 18.5. The van der Waals surface area contributed by atoms with E-state index in [1.54, 1.807) is 12.1 Å². The van der Waals surface area contributed by atoms with Crippen LogP contribution in [0.1, 0.15) is 11.1 Å². The molecule has 0 radical (unpaired) electrons.